The maximum atomic E-state index is 3.57. The van der Waals surface area contributed by atoms with Crippen LogP contribution in [0.3, 0.4) is 0 Å². The van der Waals surface area contributed by atoms with Crippen LogP contribution in [0.4, 0.5) is 0 Å². The van der Waals surface area contributed by atoms with E-state index in [4.69, 9.17) is 0 Å². The fraction of sp³-hybridized carbons (Fsp3) is 0.500. The molecule has 0 unspecified atom stereocenters. The van der Waals surface area contributed by atoms with E-state index in [9.17, 15) is 0 Å². The summed E-state index contributed by atoms with van der Waals surface area (Å²) in [5.41, 5.74) is 2.88. The Bertz CT molecular complexity index is 419. The molecule has 0 saturated heterocycles. The molecule has 0 atom stereocenters. The first kappa shape index (κ1) is 12.2. The summed E-state index contributed by atoms with van der Waals surface area (Å²) in [6.07, 6.45) is 3.54. The third-order valence-electron chi connectivity index (χ3n) is 3.51. The van der Waals surface area contributed by atoms with E-state index in [0.717, 1.165) is 18.9 Å². The Balaban J connectivity index is 1.73. The highest BCUT2D eigenvalue weighted by Gasteiger charge is 2.29. The first-order chi connectivity index (χ1) is 8.29. The molecule has 1 aliphatic carbocycles. The molecule has 1 heteroatoms. The summed E-state index contributed by atoms with van der Waals surface area (Å²) in [6.45, 7) is 5.10. The zero-order chi connectivity index (χ0) is 12.1. The maximum absolute atomic E-state index is 3.57. The molecule has 1 saturated carbocycles. The van der Waals surface area contributed by atoms with Crippen LogP contribution in [0.2, 0.25) is 0 Å². The molecule has 1 aromatic rings. The number of hydrogen-bond donors (Lipinski definition) is 1. The predicted octanol–water partition coefficient (Wildman–Crippen LogP) is 3.24. The van der Waals surface area contributed by atoms with Crippen molar-refractivity contribution in [3.8, 4) is 11.8 Å². The topological polar surface area (TPSA) is 12.0 Å². The van der Waals surface area contributed by atoms with Gasteiger partial charge in [0, 0.05) is 19.0 Å². The number of rotatable bonds is 4. The van der Waals surface area contributed by atoms with Crippen LogP contribution in [-0.2, 0) is 0 Å². The number of hydrogen-bond acceptors (Lipinski definition) is 1. The number of benzene rings is 1. The van der Waals surface area contributed by atoms with E-state index < -0.39 is 0 Å². The Kier molecular flexibility index (Phi) is 4.23. The summed E-state index contributed by atoms with van der Waals surface area (Å²) in [6, 6.07) is 9.63. The lowest BCUT2D eigenvalue weighted by Crippen LogP contribution is -2.40. The smallest absolute Gasteiger partial charge is 0.0214 e. The molecule has 1 nitrogen and oxygen atoms in total. The van der Waals surface area contributed by atoms with Crippen molar-refractivity contribution in [1.29, 1.82) is 0 Å². The van der Waals surface area contributed by atoms with E-state index in [1.807, 2.05) is 6.92 Å². The maximum Gasteiger partial charge on any atom is 0.0214 e. The third-order valence-corrected chi connectivity index (χ3v) is 3.51. The van der Waals surface area contributed by atoms with Gasteiger partial charge in [0.25, 0.3) is 0 Å². The average Bonchev–Trinajstić information content (AvgIpc) is 2.26. The molecule has 1 aromatic carbocycles. The minimum atomic E-state index is 0.708. The number of nitrogens with one attached hydrogen (secondary N) is 1. The SMILES string of the molecule is CC#CCCNC1CC(c2cccc(C)c2)C1. The van der Waals surface area contributed by atoms with Crippen molar-refractivity contribution in [2.45, 2.75) is 45.1 Å². The molecule has 2 rings (SSSR count). The summed E-state index contributed by atoms with van der Waals surface area (Å²) < 4.78 is 0. The molecule has 0 spiro atoms. The Morgan fingerprint density at radius 2 is 2.18 bits per heavy atom. The first-order valence-corrected chi connectivity index (χ1v) is 6.49. The van der Waals surface area contributed by atoms with Crippen LogP contribution in [0, 0.1) is 18.8 Å². The molecule has 1 N–H and O–H groups in total. The van der Waals surface area contributed by atoms with Gasteiger partial charge in [-0.1, -0.05) is 29.8 Å². The van der Waals surface area contributed by atoms with Gasteiger partial charge in [0.2, 0.25) is 0 Å². The zero-order valence-electron chi connectivity index (χ0n) is 10.8. The zero-order valence-corrected chi connectivity index (χ0v) is 10.8. The van der Waals surface area contributed by atoms with Gasteiger partial charge in [-0.05, 0) is 38.2 Å². The lowest BCUT2D eigenvalue weighted by molar-refractivity contribution is 0.293. The summed E-state index contributed by atoms with van der Waals surface area (Å²) in [4.78, 5) is 0. The molecule has 0 radical (unpaired) electrons. The highest BCUT2D eigenvalue weighted by molar-refractivity contribution is 5.27. The van der Waals surface area contributed by atoms with Gasteiger partial charge >= 0.3 is 0 Å². The quantitative estimate of drug-likeness (QED) is 0.615. The van der Waals surface area contributed by atoms with Crippen LogP contribution in [0.25, 0.3) is 0 Å². The minimum absolute atomic E-state index is 0.708. The fourth-order valence-corrected chi connectivity index (χ4v) is 2.44. The van der Waals surface area contributed by atoms with Crippen LogP contribution in [0.5, 0.6) is 0 Å². The first-order valence-electron chi connectivity index (χ1n) is 6.49. The van der Waals surface area contributed by atoms with Gasteiger partial charge in [-0.3, -0.25) is 0 Å². The Labute approximate surface area is 105 Å². The van der Waals surface area contributed by atoms with Crippen molar-refractivity contribution in [1.82, 2.24) is 5.32 Å². The summed E-state index contributed by atoms with van der Waals surface area (Å²) in [5, 5.41) is 3.57. The molecule has 90 valence electrons. The van der Waals surface area contributed by atoms with Crippen LogP contribution in [-0.4, -0.2) is 12.6 Å². The highest BCUT2D eigenvalue weighted by atomic mass is 14.9. The molecule has 0 aromatic heterocycles. The molecule has 0 amide bonds. The minimum Gasteiger partial charge on any atom is -0.313 e. The van der Waals surface area contributed by atoms with Crippen molar-refractivity contribution in [2.75, 3.05) is 6.54 Å². The van der Waals surface area contributed by atoms with E-state index in [-0.39, 0.29) is 0 Å². The molecule has 0 bridgehead atoms. The van der Waals surface area contributed by atoms with Crippen molar-refractivity contribution in [3.05, 3.63) is 35.4 Å². The van der Waals surface area contributed by atoms with Gasteiger partial charge in [-0.25, -0.2) is 0 Å². The third kappa shape index (κ3) is 3.35. The summed E-state index contributed by atoms with van der Waals surface area (Å²) in [7, 11) is 0. The van der Waals surface area contributed by atoms with E-state index in [1.54, 1.807) is 0 Å². The lowest BCUT2D eigenvalue weighted by Gasteiger charge is -2.36. The van der Waals surface area contributed by atoms with Crippen molar-refractivity contribution in [2.24, 2.45) is 0 Å². The van der Waals surface area contributed by atoms with Gasteiger partial charge in [0.15, 0.2) is 0 Å². The summed E-state index contributed by atoms with van der Waals surface area (Å²) >= 11 is 0. The fourth-order valence-electron chi connectivity index (χ4n) is 2.44. The molecule has 1 aliphatic rings. The second-order valence-corrected chi connectivity index (χ2v) is 4.91. The second kappa shape index (κ2) is 5.89. The molecule has 17 heavy (non-hydrogen) atoms. The van der Waals surface area contributed by atoms with E-state index >= 15 is 0 Å². The molecule has 0 aliphatic heterocycles. The lowest BCUT2D eigenvalue weighted by atomic mass is 9.75. The van der Waals surface area contributed by atoms with Crippen LogP contribution >= 0.6 is 0 Å². The molecular formula is C16H21N. The monoisotopic (exact) mass is 227 g/mol. The molecule has 1 fully saturated rings. The van der Waals surface area contributed by atoms with E-state index in [2.05, 4.69) is 48.3 Å². The molecular weight excluding hydrogens is 206 g/mol. The van der Waals surface area contributed by atoms with Crippen LogP contribution in [0.1, 0.15) is 43.2 Å². The Morgan fingerprint density at radius 1 is 1.35 bits per heavy atom. The van der Waals surface area contributed by atoms with Crippen LogP contribution in [0.15, 0.2) is 24.3 Å². The Hall–Kier alpha value is -1.26. The van der Waals surface area contributed by atoms with Gasteiger partial charge in [-0.15, -0.1) is 11.8 Å². The van der Waals surface area contributed by atoms with Crippen LogP contribution < -0.4 is 5.32 Å². The van der Waals surface area contributed by atoms with E-state index in [0.29, 0.717) is 6.04 Å². The van der Waals surface area contributed by atoms with Gasteiger partial charge in [0.1, 0.15) is 0 Å². The molecule has 0 heterocycles. The average molecular weight is 227 g/mol. The van der Waals surface area contributed by atoms with Crippen molar-refractivity contribution >= 4 is 0 Å². The standard InChI is InChI=1S/C16H21N/c1-3-4-5-9-17-16-11-15(12-16)14-8-6-7-13(2)10-14/h6-8,10,15-17H,5,9,11-12H2,1-2H3. The summed E-state index contributed by atoms with van der Waals surface area (Å²) in [5.74, 6) is 6.79. The normalized spacial score (nSPS) is 22.5. The highest BCUT2D eigenvalue weighted by Crippen LogP contribution is 2.36. The number of aryl methyl sites for hydroxylation is 1. The van der Waals surface area contributed by atoms with E-state index in [1.165, 1.54) is 24.0 Å². The van der Waals surface area contributed by atoms with Crippen molar-refractivity contribution < 1.29 is 0 Å². The van der Waals surface area contributed by atoms with Gasteiger partial charge in [-0.2, -0.15) is 0 Å². The van der Waals surface area contributed by atoms with Gasteiger partial charge in [0.05, 0.1) is 0 Å². The Morgan fingerprint density at radius 3 is 2.88 bits per heavy atom. The van der Waals surface area contributed by atoms with Gasteiger partial charge < -0.3 is 5.32 Å². The van der Waals surface area contributed by atoms with Crippen molar-refractivity contribution in [3.63, 3.8) is 0 Å². The largest absolute Gasteiger partial charge is 0.313 e. The second-order valence-electron chi connectivity index (χ2n) is 4.91. The predicted molar refractivity (Wildman–Crippen MR) is 73.0 cm³/mol.